The molecule has 0 radical (unpaired) electrons. The molecule has 0 aliphatic heterocycles. The summed E-state index contributed by atoms with van der Waals surface area (Å²) in [4.78, 5) is 0. The third-order valence-corrected chi connectivity index (χ3v) is 2.12. The second-order valence-electron chi connectivity index (χ2n) is 3.95. The van der Waals surface area contributed by atoms with Crippen molar-refractivity contribution in [3.8, 4) is 6.26 Å². The minimum absolute atomic E-state index is 0.361. The minimum atomic E-state index is -7.33. The number of halogens is 13. The van der Waals surface area contributed by atoms with Gasteiger partial charge in [-0.1, -0.05) is 0 Å². The van der Waals surface area contributed by atoms with Crippen molar-refractivity contribution in [3.63, 3.8) is 0 Å². The van der Waals surface area contributed by atoms with E-state index in [-0.39, 0.29) is 0 Å². The molecule has 1 unspecified atom stereocenters. The summed E-state index contributed by atoms with van der Waals surface area (Å²) in [6.45, 7) is -2.76. The third-order valence-electron chi connectivity index (χ3n) is 2.12. The third kappa shape index (κ3) is 4.74. The molecule has 0 saturated carbocycles. The molecular formula is C9H2F13NO3. The minimum Gasteiger partial charge on any atom is -0.421 e. The van der Waals surface area contributed by atoms with E-state index in [1.807, 2.05) is 9.47 Å². The fraction of sp³-hybridized carbons (Fsp3) is 0.667. The fourth-order valence-electron chi connectivity index (χ4n) is 0.957. The smallest absolute Gasteiger partial charge is 0.421 e. The van der Waals surface area contributed by atoms with E-state index >= 15 is 0 Å². The van der Waals surface area contributed by atoms with E-state index in [0.717, 1.165) is 0 Å². The van der Waals surface area contributed by atoms with Crippen LogP contribution in [0.15, 0.2) is 12.1 Å². The Balaban J connectivity index is 6.06. The zero-order valence-corrected chi connectivity index (χ0v) is 11.3. The number of alkyl halides is 10. The highest BCUT2D eigenvalue weighted by Crippen LogP contribution is 2.52. The highest BCUT2D eigenvalue weighted by atomic mass is 19.4. The van der Waals surface area contributed by atoms with Gasteiger partial charge in [0.2, 0.25) is 0 Å². The molecule has 26 heavy (non-hydrogen) atoms. The van der Waals surface area contributed by atoms with Crippen molar-refractivity contribution in [3.05, 3.63) is 12.1 Å². The van der Waals surface area contributed by atoms with Crippen LogP contribution in [0, 0.1) is 11.5 Å². The summed E-state index contributed by atoms with van der Waals surface area (Å²) >= 11 is 0. The zero-order chi connectivity index (χ0) is 21.2. The Labute approximate surface area is 133 Å². The van der Waals surface area contributed by atoms with Crippen molar-refractivity contribution >= 4 is 0 Å². The van der Waals surface area contributed by atoms with Crippen LogP contribution in [0.25, 0.3) is 0 Å². The molecule has 0 spiro atoms. The predicted molar refractivity (Wildman–Crippen MR) is 48.8 cm³/mol. The fourth-order valence-corrected chi connectivity index (χ4v) is 0.957. The molecule has 152 valence electrons. The van der Waals surface area contributed by atoms with Gasteiger partial charge in [-0.15, -0.1) is 0 Å². The molecule has 17 heteroatoms. The van der Waals surface area contributed by atoms with Crippen LogP contribution >= 0.6 is 0 Å². The van der Waals surface area contributed by atoms with Gasteiger partial charge in [0, 0.05) is 0 Å². The lowest BCUT2D eigenvalue weighted by Gasteiger charge is -2.36. The molecule has 4 nitrogen and oxygen atoms in total. The highest BCUT2D eigenvalue weighted by Gasteiger charge is 2.81. The lowest BCUT2D eigenvalue weighted by molar-refractivity contribution is -0.517. The summed E-state index contributed by atoms with van der Waals surface area (Å²) in [6, 6.07) is -3.84. The van der Waals surface area contributed by atoms with Gasteiger partial charge < -0.3 is 9.47 Å². The Morgan fingerprint density at radius 3 is 1.62 bits per heavy atom. The van der Waals surface area contributed by atoms with Gasteiger partial charge >= 0.3 is 42.3 Å². The Kier molecular flexibility index (Phi) is 6.66. The van der Waals surface area contributed by atoms with Crippen LogP contribution in [0.3, 0.4) is 0 Å². The van der Waals surface area contributed by atoms with E-state index in [0.29, 0.717) is 6.26 Å². The number of rotatable bonds is 8. The van der Waals surface area contributed by atoms with E-state index in [4.69, 9.17) is 5.26 Å². The Morgan fingerprint density at radius 1 is 0.808 bits per heavy atom. The molecule has 0 aromatic carbocycles. The van der Waals surface area contributed by atoms with E-state index < -0.39 is 48.9 Å². The first-order chi connectivity index (χ1) is 11.3. The average molecular weight is 419 g/mol. The molecule has 0 rings (SSSR count). The first-order valence-electron chi connectivity index (χ1n) is 5.34. The first kappa shape index (κ1) is 23.9. The molecule has 0 amide bonds. The van der Waals surface area contributed by atoms with Gasteiger partial charge in [-0.3, -0.25) is 4.74 Å². The van der Waals surface area contributed by atoms with Gasteiger partial charge in [0.25, 0.3) is 6.26 Å². The maximum absolute atomic E-state index is 13.5. The molecular weight excluding hydrogens is 417 g/mol. The summed E-state index contributed by atoms with van der Waals surface area (Å²) in [5.74, 6) is -13.3. The lowest BCUT2D eigenvalue weighted by atomic mass is 10.2. The SMILES string of the molecule is N#COCC(F)(F)C(F)(F)OC(F)(C(F)(F)F)C(F)(F)OC(F)=C(F)F. The number of nitrogens with zero attached hydrogens (tertiary/aromatic N) is 1. The normalized spacial score (nSPS) is 15.7. The highest BCUT2D eigenvalue weighted by molar-refractivity contribution is 4.94. The molecule has 1 atom stereocenters. The quantitative estimate of drug-likeness (QED) is 0.328. The maximum Gasteiger partial charge on any atom is 0.471 e. The number of ether oxygens (including phenoxy) is 3. The van der Waals surface area contributed by atoms with Gasteiger partial charge in [0.05, 0.1) is 0 Å². The summed E-state index contributed by atoms with van der Waals surface area (Å²) in [7, 11) is 0. The largest absolute Gasteiger partial charge is 0.471 e. The van der Waals surface area contributed by atoms with E-state index in [1.165, 1.54) is 0 Å². The van der Waals surface area contributed by atoms with Crippen molar-refractivity contribution in [2.45, 2.75) is 30.2 Å². The summed E-state index contributed by atoms with van der Waals surface area (Å²) in [5, 5.41) is 7.73. The average Bonchev–Trinajstić information content (AvgIpc) is 2.42. The van der Waals surface area contributed by atoms with Crippen LogP contribution in [0.5, 0.6) is 0 Å². The van der Waals surface area contributed by atoms with Crippen LogP contribution in [0.4, 0.5) is 57.1 Å². The standard InChI is InChI=1S/C9H2F13NO3/c10-3(11)4(12)25-9(21,22)6(15,7(16,17)18)26-8(19,20)5(13,14)1-24-2-23/h1H2. The van der Waals surface area contributed by atoms with Gasteiger partial charge in [0.1, 0.15) is 0 Å². The van der Waals surface area contributed by atoms with Gasteiger partial charge in [-0.2, -0.15) is 62.3 Å². The van der Waals surface area contributed by atoms with Crippen LogP contribution < -0.4 is 0 Å². The molecule has 0 aliphatic rings. The molecule has 0 aromatic heterocycles. The topological polar surface area (TPSA) is 51.5 Å². The van der Waals surface area contributed by atoms with E-state index in [1.54, 1.807) is 0 Å². The molecule has 0 N–H and O–H groups in total. The summed E-state index contributed by atoms with van der Waals surface area (Å²) in [5.41, 5.74) is 0. The molecule has 0 aromatic rings. The van der Waals surface area contributed by atoms with E-state index in [2.05, 4.69) is 4.74 Å². The van der Waals surface area contributed by atoms with Crippen LogP contribution in [0.2, 0.25) is 0 Å². The maximum atomic E-state index is 13.5. The van der Waals surface area contributed by atoms with Gasteiger partial charge in [-0.05, 0) is 0 Å². The van der Waals surface area contributed by atoms with Crippen LogP contribution in [-0.2, 0) is 14.2 Å². The molecule has 0 bridgehead atoms. The van der Waals surface area contributed by atoms with Crippen molar-refractivity contribution in [1.29, 1.82) is 5.26 Å². The van der Waals surface area contributed by atoms with Crippen molar-refractivity contribution in [1.82, 2.24) is 0 Å². The number of hydrogen-bond acceptors (Lipinski definition) is 4. The molecule has 0 fully saturated rings. The molecule has 0 aliphatic carbocycles. The lowest BCUT2D eigenvalue weighted by Crippen LogP contribution is -2.63. The summed E-state index contributed by atoms with van der Waals surface area (Å²) in [6.07, 6.45) is -24.6. The van der Waals surface area contributed by atoms with Gasteiger partial charge in [-0.25, -0.2) is 0 Å². The Morgan fingerprint density at radius 2 is 1.27 bits per heavy atom. The zero-order valence-electron chi connectivity index (χ0n) is 11.3. The van der Waals surface area contributed by atoms with Crippen molar-refractivity contribution in [2.24, 2.45) is 0 Å². The second-order valence-corrected chi connectivity index (χ2v) is 3.95. The second kappa shape index (κ2) is 7.25. The first-order valence-corrected chi connectivity index (χ1v) is 5.34. The van der Waals surface area contributed by atoms with E-state index in [9.17, 15) is 57.1 Å². The van der Waals surface area contributed by atoms with Gasteiger partial charge in [0.15, 0.2) is 6.61 Å². The number of nitriles is 1. The number of hydrogen-bond donors (Lipinski definition) is 0. The Bertz CT molecular complexity index is 576. The Hall–Kier alpha value is -2.12. The van der Waals surface area contributed by atoms with Crippen LogP contribution in [0.1, 0.15) is 0 Å². The molecule has 0 heterocycles. The van der Waals surface area contributed by atoms with Crippen molar-refractivity contribution < 1.29 is 71.3 Å². The monoisotopic (exact) mass is 419 g/mol. The van der Waals surface area contributed by atoms with Crippen LogP contribution in [-0.4, -0.2) is 36.8 Å². The molecule has 0 saturated heterocycles. The summed E-state index contributed by atoms with van der Waals surface area (Å²) < 4.78 is 171. The predicted octanol–water partition coefficient (Wildman–Crippen LogP) is 4.60. The van der Waals surface area contributed by atoms with Crippen molar-refractivity contribution in [2.75, 3.05) is 6.61 Å².